The lowest BCUT2D eigenvalue weighted by Crippen LogP contribution is -2.51. The van der Waals surface area contributed by atoms with E-state index in [4.69, 9.17) is 10.5 Å². The van der Waals surface area contributed by atoms with Crippen LogP contribution in [0.2, 0.25) is 0 Å². The van der Waals surface area contributed by atoms with Crippen LogP contribution in [0, 0.1) is 0 Å². The van der Waals surface area contributed by atoms with E-state index in [1.165, 1.54) is 0 Å². The summed E-state index contributed by atoms with van der Waals surface area (Å²) in [5.41, 5.74) is 7.36. The highest BCUT2D eigenvalue weighted by atomic mass is 16.5. The van der Waals surface area contributed by atoms with E-state index in [2.05, 4.69) is 44.6 Å². The van der Waals surface area contributed by atoms with E-state index in [0.29, 0.717) is 0 Å². The Balaban J connectivity index is 3.17. The zero-order valence-corrected chi connectivity index (χ0v) is 13.1. The number of methoxy groups -OCH3 is 1. The highest BCUT2D eigenvalue weighted by molar-refractivity contribution is 5.30. The first-order valence-electron chi connectivity index (χ1n) is 7.04. The van der Waals surface area contributed by atoms with Crippen LogP contribution in [0.25, 0.3) is 0 Å². The average Bonchev–Trinajstić information content (AvgIpc) is 2.81. The lowest BCUT2D eigenvalue weighted by atomic mass is 9.90. The molecule has 0 aromatic carbocycles. The van der Waals surface area contributed by atoms with Gasteiger partial charge in [0.1, 0.15) is 0 Å². The molecule has 110 valence electrons. The number of aryl methyl sites for hydroxylation is 1. The van der Waals surface area contributed by atoms with Crippen molar-refractivity contribution in [2.24, 2.45) is 5.73 Å². The molecule has 0 saturated carbocycles. The molecule has 1 heterocycles. The summed E-state index contributed by atoms with van der Waals surface area (Å²) in [6.45, 7) is 13.5. The molecule has 0 radical (unpaired) electrons. The van der Waals surface area contributed by atoms with Crippen molar-refractivity contribution in [1.29, 1.82) is 0 Å². The maximum atomic E-state index is 6.54. The molecule has 0 amide bonds. The molecule has 0 saturated heterocycles. The Hall–Kier alpha value is -1.07. The standard InChI is InChI=1S/C14H28N4O/c1-7-17(8-2)14(4,5)13(15)12-11(19-6)10-16-18(12)9-3/h10,13H,7-9,15H2,1-6H3. The van der Waals surface area contributed by atoms with Gasteiger partial charge in [-0.1, -0.05) is 13.8 Å². The van der Waals surface area contributed by atoms with Crippen molar-refractivity contribution in [1.82, 2.24) is 14.7 Å². The molecule has 0 bridgehead atoms. The minimum Gasteiger partial charge on any atom is -0.493 e. The number of nitrogens with two attached hydrogens (primary N) is 1. The van der Waals surface area contributed by atoms with E-state index in [9.17, 15) is 0 Å². The third-order valence-electron chi connectivity index (χ3n) is 4.00. The monoisotopic (exact) mass is 268 g/mol. The maximum Gasteiger partial charge on any atom is 0.161 e. The molecule has 0 spiro atoms. The van der Waals surface area contributed by atoms with Gasteiger partial charge in [0, 0.05) is 12.1 Å². The van der Waals surface area contributed by atoms with Crippen molar-refractivity contribution in [2.75, 3.05) is 20.2 Å². The van der Waals surface area contributed by atoms with Crippen molar-refractivity contribution in [3.8, 4) is 5.75 Å². The van der Waals surface area contributed by atoms with Gasteiger partial charge in [0.2, 0.25) is 0 Å². The maximum absolute atomic E-state index is 6.54. The number of likely N-dealkylation sites (N-methyl/N-ethyl adjacent to an activating group) is 1. The first-order valence-corrected chi connectivity index (χ1v) is 7.04. The molecular weight excluding hydrogens is 240 g/mol. The van der Waals surface area contributed by atoms with Gasteiger partial charge in [-0.05, 0) is 33.9 Å². The summed E-state index contributed by atoms with van der Waals surface area (Å²) in [7, 11) is 1.66. The molecule has 1 atom stereocenters. The number of hydrogen-bond acceptors (Lipinski definition) is 4. The van der Waals surface area contributed by atoms with Crippen LogP contribution >= 0.6 is 0 Å². The lowest BCUT2D eigenvalue weighted by Gasteiger charge is -2.41. The quantitative estimate of drug-likeness (QED) is 0.822. The number of aromatic nitrogens is 2. The van der Waals surface area contributed by atoms with Gasteiger partial charge in [0.05, 0.1) is 25.0 Å². The minimum absolute atomic E-state index is 0.148. The molecule has 0 aliphatic rings. The van der Waals surface area contributed by atoms with Crippen molar-refractivity contribution >= 4 is 0 Å². The van der Waals surface area contributed by atoms with E-state index in [-0.39, 0.29) is 11.6 Å². The minimum atomic E-state index is -0.149. The smallest absolute Gasteiger partial charge is 0.161 e. The fourth-order valence-electron chi connectivity index (χ4n) is 2.67. The summed E-state index contributed by atoms with van der Waals surface area (Å²) < 4.78 is 7.33. The number of nitrogens with zero attached hydrogens (tertiary/aromatic N) is 3. The van der Waals surface area contributed by atoms with Crippen molar-refractivity contribution in [3.63, 3.8) is 0 Å². The predicted molar refractivity (Wildman–Crippen MR) is 78.4 cm³/mol. The number of rotatable bonds is 7. The fourth-order valence-corrected chi connectivity index (χ4v) is 2.67. The molecule has 0 aliphatic heterocycles. The second kappa shape index (κ2) is 6.39. The van der Waals surface area contributed by atoms with E-state index >= 15 is 0 Å². The summed E-state index contributed by atoms with van der Waals surface area (Å²) in [5, 5.41) is 4.34. The van der Waals surface area contributed by atoms with Crippen molar-refractivity contribution in [3.05, 3.63) is 11.9 Å². The van der Waals surface area contributed by atoms with E-state index in [1.54, 1.807) is 13.3 Å². The average molecular weight is 268 g/mol. The molecule has 1 rings (SSSR count). The summed E-state index contributed by atoms with van der Waals surface area (Å²) in [6, 6.07) is -0.148. The molecule has 5 nitrogen and oxygen atoms in total. The SMILES string of the molecule is CCN(CC)C(C)(C)C(N)c1c(OC)cnn1CC. The van der Waals surface area contributed by atoms with Crippen LogP contribution in [-0.4, -0.2) is 40.4 Å². The van der Waals surface area contributed by atoms with Gasteiger partial charge in [-0.15, -0.1) is 0 Å². The van der Waals surface area contributed by atoms with E-state index < -0.39 is 0 Å². The topological polar surface area (TPSA) is 56.3 Å². The van der Waals surface area contributed by atoms with Crippen LogP contribution in [0.5, 0.6) is 5.75 Å². The van der Waals surface area contributed by atoms with Crippen LogP contribution in [0.1, 0.15) is 46.4 Å². The first kappa shape index (κ1) is 16.0. The summed E-state index contributed by atoms with van der Waals surface area (Å²) in [5.74, 6) is 0.773. The highest BCUT2D eigenvalue weighted by Crippen LogP contribution is 2.34. The fraction of sp³-hybridized carbons (Fsp3) is 0.786. The van der Waals surface area contributed by atoms with Crippen LogP contribution in [-0.2, 0) is 6.54 Å². The van der Waals surface area contributed by atoms with Crippen molar-refractivity contribution in [2.45, 2.75) is 52.7 Å². The third-order valence-corrected chi connectivity index (χ3v) is 4.00. The molecule has 1 unspecified atom stereocenters. The lowest BCUT2D eigenvalue weighted by molar-refractivity contribution is 0.102. The number of hydrogen-bond donors (Lipinski definition) is 1. The molecule has 0 fully saturated rings. The highest BCUT2D eigenvalue weighted by Gasteiger charge is 2.36. The Labute approximate surface area is 116 Å². The normalized spacial score (nSPS) is 13.9. The van der Waals surface area contributed by atoms with Gasteiger partial charge in [-0.3, -0.25) is 9.58 Å². The zero-order chi connectivity index (χ0) is 14.6. The molecule has 5 heteroatoms. The Bertz CT molecular complexity index is 375. The molecule has 2 N–H and O–H groups in total. The predicted octanol–water partition coefficient (Wildman–Crippen LogP) is 2.03. The Morgan fingerprint density at radius 2 is 1.95 bits per heavy atom. The molecule has 19 heavy (non-hydrogen) atoms. The van der Waals surface area contributed by atoms with Crippen molar-refractivity contribution < 1.29 is 4.74 Å². The van der Waals surface area contributed by atoms with Crippen LogP contribution in [0.15, 0.2) is 6.20 Å². The van der Waals surface area contributed by atoms with Crippen LogP contribution in [0.4, 0.5) is 0 Å². The summed E-state index contributed by atoms with van der Waals surface area (Å²) in [6.07, 6.45) is 1.75. The molecular formula is C14H28N4O. The second-order valence-electron chi connectivity index (χ2n) is 5.22. The van der Waals surface area contributed by atoms with Gasteiger partial charge < -0.3 is 10.5 Å². The largest absolute Gasteiger partial charge is 0.493 e. The van der Waals surface area contributed by atoms with E-state index in [1.807, 2.05) is 4.68 Å². The Morgan fingerprint density at radius 3 is 2.37 bits per heavy atom. The summed E-state index contributed by atoms with van der Waals surface area (Å²) in [4.78, 5) is 2.37. The van der Waals surface area contributed by atoms with Gasteiger partial charge in [0.15, 0.2) is 5.75 Å². The van der Waals surface area contributed by atoms with Gasteiger partial charge in [-0.25, -0.2) is 0 Å². The van der Waals surface area contributed by atoms with E-state index in [0.717, 1.165) is 31.1 Å². The molecule has 1 aromatic heterocycles. The van der Waals surface area contributed by atoms with Gasteiger partial charge >= 0.3 is 0 Å². The molecule has 1 aromatic rings. The Morgan fingerprint density at radius 1 is 1.37 bits per heavy atom. The number of ether oxygens (including phenoxy) is 1. The van der Waals surface area contributed by atoms with Gasteiger partial charge in [0.25, 0.3) is 0 Å². The van der Waals surface area contributed by atoms with Gasteiger partial charge in [-0.2, -0.15) is 5.10 Å². The first-order chi connectivity index (χ1) is 8.93. The molecule has 0 aliphatic carbocycles. The summed E-state index contributed by atoms with van der Waals surface area (Å²) >= 11 is 0. The second-order valence-corrected chi connectivity index (χ2v) is 5.22. The Kier molecular flexibility index (Phi) is 5.38. The van der Waals surface area contributed by atoms with Crippen LogP contribution in [0.3, 0.4) is 0 Å². The van der Waals surface area contributed by atoms with Crippen LogP contribution < -0.4 is 10.5 Å². The third kappa shape index (κ3) is 2.92. The zero-order valence-electron chi connectivity index (χ0n) is 13.1.